The summed E-state index contributed by atoms with van der Waals surface area (Å²) < 4.78 is 24.9. The summed E-state index contributed by atoms with van der Waals surface area (Å²) in [5, 5.41) is 0.0800. The largest absolute Gasteiger partial charge is 0.497 e. The lowest BCUT2D eigenvalue weighted by molar-refractivity contribution is -0.119. The molecule has 0 fully saturated rings. The SMILES string of the molecule is COc1ccc(COCC[C@H](O[Si](C)(C)C(C)(C)C)C(C)(C)[C@H](O[Si](C)(C)C)[C@@H](C)C=O)cc1. The van der Waals surface area contributed by atoms with Gasteiger partial charge >= 0.3 is 0 Å². The Morgan fingerprint density at radius 2 is 1.50 bits per heavy atom. The molecule has 0 bridgehead atoms. The number of methoxy groups -OCH3 is 1. The lowest BCUT2D eigenvalue weighted by Crippen LogP contribution is -2.55. The van der Waals surface area contributed by atoms with Crippen LogP contribution in [0.3, 0.4) is 0 Å². The van der Waals surface area contributed by atoms with Crippen molar-refractivity contribution < 1.29 is 23.1 Å². The van der Waals surface area contributed by atoms with Crippen molar-refractivity contribution in [2.24, 2.45) is 11.3 Å². The molecule has 1 rings (SSSR count). The molecule has 196 valence electrons. The standard InChI is InChI=1S/C27H50O5Si2/c1-21(19-28)25(32-33(8,9)10)27(5,6)24(31-34(11,12)26(2,3)4)17-18-30-20-22-13-15-23(29-7)16-14-22/h13-16,19,21,24-25H,17-18,20H2,1-12H3/t21-,24-,25+/m0/s1. The van der Waals surface area contributed by atoms with Gasteiger partial charge in [-0.2, -0.15) is 0 Å². The summed E-state index contributed by atoms with van der Waals surface area (Å²) in [6, 6.07) is 7.95. The van der Waals surface area contributed by atoms with E-state index >= 15 is 0 Å². The van der Waals surface area contributed by atoms with Crippen molar-refractivity contribution in [2.45, 2.75) is 105 Å². The van der Waals surface area contributed by atoms with Gasteiger partial charge in [-0.05, 0) is 61.9 Å². The quantitative estimate of drug-likeness (QED) is 0.152. The number of carbonyl (C=O) groups is 1. The smallest absolute Gasteiger partial charge is 0.192 e. The minimum absolute atomic E-state index is 0.0800. The summed E-state index contributed by atoms with van der Waals surface area (Å²) in [5.41, 5.74) is 0.746. The van der Waals surface area contributed by atoms with Gasteiger partial charge in [0.2, 0.25) is 0 Å². The minimum Gasteiger partial charge on any atom is -0.497 e. The van der Waals surface area contributed by atoms with Crippen molar-refractivity contribution in [3.8, 4) is 5.75 Å². The number of hydrogen-bond donors (Lipinski definition) is 0. The Morgan fingerprint density at radius 3 is 1.94 bits per heavy atom. The summed E-state index contributed by atoms with van der Waals surface area (Å²) in [6.45, 7) is 25.3. The summed E-state index contributed by atoms with van der Waals surface area (Å²) in [4.78, 5) is 11.9. The lowest BCUT2D eigenvalue weighted by atomic mass is 9.75. The summed E-state index contributed by atoms with van der Waals surface area (Å²) >= 11 is 0. The predicted octanol–water partition coefficient (Wildman–Crippen LogP) is 7.07. The van der Waals surface area contributed by atoms with Gasteiger partial charge in [-0.1, -0.05) is 53.7 Å². The summed E-state index contributed by atoms with van der Waals surface area (Å²) in [7, 11) is -2.28. The molecule has 1 aromatic carbocycles. The van der Waals surface area contributed by atoms with E-state index < -0.39 is 16.6 Å². The highest BCUT2D eigenvalue weighted by Crippen LogP contribution is 2.43. The van der Waals surface area contributed by atoms with Gasteiger partial charge < -0.3 is 23.1 Å². The number of hydrogen-bond acceptors (Lipinski definition) is 5. The van der Waals surface area contributed by atoms with E-state index in [1.807, 2.05) is 31.2 Å². The zero-order valence-electron chi connectivity index (χ0n) is 23.8. The topological polar surface area (TPSA) is 54.0 Å². The maximum absolute atomic E-state index is 11.9. The van der Waals surface area contributed by atoms with Crippen LogP contribution in [0.25, 0.3) is 0 Å². The fraction of sp³-hybridized carbons (Fsp3) is 0.741. The molecule has 0 saturated heterocycles. The van der Waals surface area contributed by atoms with Crippen molar-refractivity contribution in [2.75, 3.05) is 13.7 Å². The first kappa shape index (κ1) is 31.0. The Balaban J connectivity index is 3.10. The summed E-state index contributed by atoms with van der Waals surface area (Å²) in [6.07, 6.45) is 1.46. The summed E-state index contributed by atoms with van der Waals surface area (Å²) in [5.74, 6) is 0.624. The van der Waals surface area contributed by atoms with E-state index in [-0.39, 0.29) is 28.6 Å². The first-order valence-corrected chi connectivity index (χ1v) is 18.8. The molecule has 0 aromatic heterocycles. The number of aldehydes is 1. The van der Waals surface area contributed by atoms with Crippen molar-refractivity contribution in [1.29, 1.82) is 0 Å². The van der Waals surface area contributed by atoms with E-state index in [1.165, 1.54) is 0 Å². The normalized spacial score (nSPS) is 16.1. The average Bonchev–Trinajstić information content (AvgIpc) is 2.72. The van der Waals surface area contributed by atoms with Crippen LogP contribution in [0.2, 0.25) is 37.8 Å². The third-order valence-corrected chi connectivity index (χ3v) is 12.4. The molecule has 0 aliphatic carbocycles. The van der Waals surface area contributed by atoms with Crippen molar-refractivity contribution in [3.05, 3.63) is 29.8 Å². The van der Waals surface area contributed by atoms with Gasteiger partial charge in [-0.15, -0.1) is 0 Å². The number of ether oxygens (including phenoxy) is 2. The fourth-order valence-electron chi connectivity index (χ4n) is 3.79. The zero-order valence-corrected chi connectivity index (χ0v) is 25.8. The maximum atomic E-state index is 11.9. The molecule has 0 radical (unpaired) electrons. The van der Waals surface area contributed by atoms with E-state index in [4.69, 9.17) is 18.3 Å². The van der Waals surface area contributed by atoms with Gasteiger partial charge in [0, 0.05) is 17.9 Å². The van der Waals surface area contributed by atoms with E-state index in [0.717, 1.165) is 24.0 Å². The second-order valence-electron chi connectivity index (χ2n) is 12.5. The number of benzene rings is 1. The third kappa shape index (κ3) is 9.23. The Kier molecular flexibility index (Phi) is 11.2. The van der Waals surface area contributed by atoms with Crippen LogP contribution >= 0.6 is 0 Å². The van der Waals surface area contributed by atoms with Crippen LogP contribution in [-0.4, -0.2) is 48.8 Å². The fourth-order valence-corrected chi connectivity index (χ4v) is 6.56. The molecule has 34 heavy (non-hydrogen) atoms. The van der Waals surface area contributed by atoms with Crippen molar-refractivity contribution in [3.63, 3.8) is 0 Å². The molecule has 0 heterocycles. The Bertz CT molecular complexity index is 748. The zero-order chi connectivity index (χ0) is 26.4. The van der Waals surface area contributed by atoms with E-state index in [2.05, 4.69) is 67.4 Å². The van der Waals surface area contributed by atoms with Crippen LogP contribution in [0.15, 0.2) is 24.3 Å². The highest BCUT2D eigenvalue weighted by Gasteiger charge is 2.47. The van der Waals surface area contributed by atoms with Crippen molar-refractivity contribution in [1.82, 2.24) is 0 Å². The van der Waals surface area contributed by atoms with Crippen LogP contribution in [0, 0.1) is 11.3 Å². The highest BCUT2D eigenvalue weighted by atomic mass is 28.4. The molecule has 5 nitrogen and oxygen atoms in total. The molecule has 0 amide bonds. The Hall–Kier alpha value is -0.996. The van der Waals surface area contributed by atoms with E-state index in [1.54, 1.807) is 7.11 Å². The van der Waals surface area contributed by atoms with Gasteiger partial charge in [0.1, 0.15) is 12.0 Å². The second kappa shape index (κ2) is 12.3. The van der Waals surface area contributed by atoms with Crippen molar-refractivity contribution >= 4 is 22.9 Å². The van der Waals surface area contributed by atoms with Crippen LogP contribution in [0.5, 0.6) is 5.75 Å². The highest BCUT2D eigenvalue weighted by molar-refractivity contribution is 6.74. The van der Waals surface area contributed by atoms with Crippen LogP contribution in [-0.2, 0) is 25.0 Å². The van der Waals surface area contributed by atoms with Gasteiger partial charge in [0.15, 0.2) is 16.6 Å². The van der Waals surface area contributed by atoms with Gasteiger partial charge in [-0.25, -0.2) is 0 Å². The average molecular weight is 511 g/mol. The third-order valence-electron chi connectivity index (χ3n) is 6.93. The molecule has 0 aliphatic heterocycles. The number of rotatable bonds is 14. The monoisotopic (exact) mass is 510 g/mol. The molecule has 3 atom stereocenters. The minimum atomic E-state index is -2.06. The molecule has 0 N–H and O–H groups in total. The molecule has 0 saturated carbocycles. The lowest BCUT2D eigenvalue weighted by Gasteiger charge is -2.49. The molecule has 0 aliphatic rings. The Morgan fingerprint density at radius 1 is 0.941 bits per heavy atom. The van der Waals surface area contributed by atoms with Gasteiger partial charge in [-0.3, -0.25) is 0 Å². The molecule has 7 heteroatoms. The first-order chi connectivity index (χ1) is 15.4. The molecule has 0 spiro atoms. The molecular weight excluding hydrogens is 460 g/mol. The predicted molar refractivity (Wildman–Crippen MR) is 147 cm³/mol. The van der Waals surface area contributed by atoms with Crippen LogP contribution in [0.4, 0.5) is 0 Å². The molecular formula is C27H50O5Si2. The van der Waals surface area contributed by atoms with Gasteiger partial charge in [0.05, 0.1) is 25.9 Å². The van der Waals surface area contributed by atoms with Crippen LogP contribution in [0.1, 0.15) is 53.5 Å². The van der Waals surface area contributed by atoms with E-state index in [9.17, 15) is 4.79 Å². The maximum Gasteiger partial charge on any atom is 0.192 e. The number of carbonyl (C=O) groups excluding carboxylic acids is 1. The first-order valence-electron chi connectivity index (χ1n) is 12.5. The second-order valence-corrected chi connectivity index (χ2v) is 21.7. The molecule has 1 aromatic rings. The Labute approximate surface area is 211 Å². The van der Waals surface area contributed by atoms with Gasteiger partial charge in [0.25, 0.3) is 0 Å². The van der Waals surface area contributed by atoms with Crippen LogP contribution < -0.4 is 4.74 Å². The van der Waals surface area contributed by atoms with E-state index in [0.29, 0.717) is 13.2 Å². The molecule has 0 unspecified atom stereocenters.